The molecule has 8 nitrogen and oxygen atoms in total. The van der Waals surface area contributed by atoms with E-state index in [1.165, 1.54) is 0 Å². The molecule has 2 amide bonds. The summed E-state index contributed by atoms with van der Waals surface area (Å²) in [7, 11) is 0. The summed E-state index contributed by atoms with van der Waals surface area (Å²) in [6.07, 6.45) is 1.26. The van der Waals surface area contributed by atoms with E-state index in [1.54, 1.807) is 31.6 Å². The highest BCUT2D eigenvalue weighted by atomic mass is 16.6. The minimum Gasteiger partial charge on any atom is -0.444 e. The lowest BCUT2D eigenvalue weighted by Gasteiger charge is -2.33. The minimum atomic E-state index is -0.528. The quantitative estimate of drug-likeness (QED) is 0.785. The van der Waals surface area contributed by atoms with Crippen molar-refractivity contribution in [1.82, 2.24) is 25.6 Å². The molecule has 1 aliphatic rings. The van der Waals surface area contributed by atoms with Crippen molar-refractivity contribution in [2.75, 3.05) is 0 Å². The number of amides is 2. The first-order chi connectivity index (χ1) is 9.74. The molecule has 2 heterocycles. The second-order valence-electron chi connectivity index (χ2n) is 6.19. The van der Waals surface area contributed by atoms with Gasteiger partial charge in [-0.15, -0.1) is 5.10 Å². The average Bonchev–Trinajstić information content (AvgIpc) is 2.81. The predicted molar refractivity (Wildman–Crippen MR) is 74.2 cm³/mol. The van der Waals surface area contributed by atoms with Gasteiger partial charge in [-0.2, -0.15) is 0 Å². The average molecular weight is 295 g/mol. The van der Waals surface area contributed by atoms with Crippen LogP contribution in [0.15, 0.2) is 6.20 Å². The molecule has 0 radical (unpaired) electrons. The molecule has 0 saturated carbocycles. The number of hydrogen-bond donors (Lipinski definition) is 2. The van der Waals surface area contributed by atoms with E-state index in [-0.39, 0.29) is 24.4 Å². The Morgan fingerprint density at radius 1 is 1.52 bits per heavy atom. The highest BCUT2D eigenvalue weighted by Crippen LogP contribution is 2.15. The largest absolute Gasteiger partial charge is 0.444 e. The molecule has 0 bridgehead atoms. The Morgan fingerprint density at radius 3 is 2.81 bits per heavy atom. The van der Waals surface area contributed by atoms with E-state index >= 15 is 0 Å². The summed E-state index contributed by atoms with van der Waals surface area (Å²) in [4.78, 5) is 22.6. The molecule has 1 aliphatic heterocycles. The van der Waals surface area contributed by atoms with Crippen LogP contribution in [0, 0.1) is 5.92 Å². The molecule has 2 atom stereocenters. The molecule has 1 fully saturated rings. The van der Waals surface area contributed by atoms with Crippen LogP contribution in [0.4, 0.5) is 4.79 Å². The summed E-state index contributed by atoms with van der Waals surface area (Å²) in [6.45, 7) is 8.12. The van der Waals surface area contributed by atoms with Gasteiger partial charge in [-0.05, 0) is 20.8 Å². The van der Waals surface area contributed by atoms with Crippen LogP contribution in [0.5, 0.6) is 0 Å². The molecular formula is C13H21N5O3. The van der Waals surface area contributed by atoms with E-state index in [1.807, 2.05) is 6.92 Å². The fourth-order valence-electron chi connectivity index (χ4n) is 1.92. The number of carbonyl (C=O) groups is 2. The van der Waals surface area contributed by atoms with E-state index < -0.39 is 11.7 Å². The lowest BCUT2D eigenvalue weighted by Crippen LogP contribution is -2.58. The molecule has 2 rings (SSSR count). The molecule has 0 spiro atoms. The maximum Gasteiger partial charge on any atom is 0.407 e. The van der Waals surface area contributed by atoms with Crippen LogP contribution in [0.3, 0.4) is 0 Å². The second kappa shape index (κ2) is 5.71. The first-order valence-electron chi connectivity index (χ1n) is 6.91. The van der Waals surface area contributed by atoms with Gasteiger partial charge in [-0.25, -0.2) is 4.79 Å². The van der Waals surface area contributed by atoms with Gasteiger partial charge in [0.05, 0.1) is 31.2 Å². The molecule has 1 aromatic rings. The summed E-state index contributed by atoms with van der Waals surface area (Å²) in [5, 5.41) is 13.4. The predicted octanol–water partition coefficient (Wildman–Crippen LogP) is 0.437. The fraction of sp³-hybridized carbons (Fsp3) is 0.692. The fourth-order valence-corrected chi connectivity index (χ4v) is 1.92. The smallest absolute Gasteiger partial charge is 0.407 e. The Kier molecular flexibility index (Phi) is 4.15. The Labute approximate surface area is 123 Å². The van der Waals surface area contributed by atoms with E-state index in [9.17, 15) is 9.59 Å². The molecule has 1 aromatic heterocycles. The van der Waals surface area contributed by atoms with Crippen LogP contribution >= 0.6 is 0 Å². The first-order valence-corrected chi connectivity index (χ1v) is 6.91. The number of hydrogen-bond acceptors (Lipinski definition) is 5. The van der Waals surface area contributed by atoms with Crippen molar-refractivity contribution >= 4 is 12.0 Å². The van der Waals surface area contributed by atoms with Gasteiger partial charge in [0.15, 0.2) is 0 Å². The van der Waals surface area contributed by atoms with Crippen LogP contribution in [0.1, 0.15) is 33.4 Å². The SMILES string of the molecule is C[C@@H]1C(=O)N[C@@H]1Cn1cc(CNC(=O)OC(C)(C)C)nn1. The van der Waals surface area contributed by atoms with E-state index in [0.29, 0.717) is 12.2 Å². The Morgan fingerprint density at radius 2 is 2.24 bits per heavy atom. The normalized spacial score (nSPS) is 21.4. The zero-order valence-corrected chi connectivity index (χ0v) is 12.7. The van der Waals surface area contributed by atoms with Gasteiger partial charge in [0.25, 0.3) is 0 Å². The maximum atomic E-state index is 11.5. The number of ether oxygens (including phenoxy) is 1. The van der Waals surface area contributed by atoms with Crippen LogP contribution < -0.4 is 10.6 Å². The van der Waals surface area contributed by atoms with E-state index in [0.717, 1.165) is 0 Å². The molecule has 0 unspecified atom stereocenters. The monoisotopic (exact) mass is 295 g/mol. The number of β-lactam (4-membered cyclic amide) rings is 1. The van der Waals surface area contributed by atoms with Gasteiger partial charge in [-0.1, -0.05) is 12.1 Å². The molecule has 2 N–H and O–H groups in total. The van der Waals surface area contributed by atoms with Crippen molar-refractivity contribution in [1.29, 1.82) is 0 Å². The third-order valence-electron chi connectivity index (χ3n) is 3.13. The summed E-state index contributed by atoms with van der Waals surface area (Å²) in [5.41, 5.74) is 0.111. The van der Waals surface area contributed by atoms with Gasteiger partial charge in [0.2, 0.25) is 5.91 Å². The number of nitrogens with zero attached hydrogens (tertiary/aromatic N) is 3. The lowest BCUT2D eigenvalue weighted by molar-refractivity contribution is -0.134. The first kappa shape index (κ1) is 15.3. The zero-order valence-electron chi connectivity index (χ0n) is 12.7. The van der Waals surface area contributed by atoms with E-state index in [2.05, 4.69) is 20.9 Å². The van der Waals surface area contributed by atoms with Crippen LogP contribution in [-0.2, 0) is 22.6 Å². The standard InChI is InChI=1S/C13H21N5O3/c1-8-10(15-11(8)19)7-18-6-9(16-17-18)5-14-12(20)21-13(2,3)4/h6,8,10H,5,7H2,1-4H3,(H,14,20)(H,15,19)/t8-,10+/m0/s1. The van der Waals surface area contributed by atoms with Crippen molar-refractivity contribution in [2.24, 2.45) is 5.92 Å². The summed E-state index contributed by atoms with van der Waals surface area (Å²) in [6, 6.07) is 0.0888. The number of aromatic nitrogens is 3. The number of nitrogens with one attached hydrogen (secondary N) is 2. The lowest BCUT2D eigenvalue weighted by atomic mass is 9.93. The van der Waals surface area contributed by atoms with E-state index in [4.69, 9.17) is 4.74 Å². The van der Waals surface area contributed by atoms with Gasteiger partial charge < -0.3 is 15.4 Å². The molecule has 1 saturated heterocycles. The minimum absolute atomic E-state index is 0.00228. The third-order valence-corrected chi connectivity index (χ3v) is 3.13. The van der Waals surface area contributed by atoms with Crippen molar-refractivity contribution in [2.45, 2.75) is 52.4 Å². The topological polar surface area (TPSA) is 98.1 Å². The van der Waals surface area contributed by atoms with Crippen molar-refractivity contribution in [3.63, 3.8) is 0 Å². The number of carbonyl (C=O) groups excluding carboxylic acids is 2. The van der Waals surface area contributed by atoms with Crippen LogP contribution in [0.2, 0.25) is 0 Å². The zero-order chi connectivity index (χ0) is 15.6. The summed E-state index contributed by atoms with van der Waals surface area (Å²) >= 11 is 0. The van der Waals surface area contributed by atoms with Gasteiger partial charge in [-0.3, -0.25) is 9.48 Å². The van der Waals surface area contributed by atoms with Crippen LogP contribution in [0.25, 0.3) is 0 Å². The third kappa shape index (κ3) is 4.17. The Hall–Kier alpha value is -2.12. The van der Waals surface area contributed by atoms with Gasteiger partial charge >= 0.3 is 6.09 Å². The summed E-state index contributed by atoms with van der Waals surface area (Å²) < 4.78 is 6.79. The number of alkyl carbamates (subject to hydrolysis) is 1. The Balaban J connectivity index is 1.78. The molecule has 21 heavy (non-hydrogen) atoms. The highest BCUT2D eigenvalue weighted by Gasteiger charge is 2.35. The summed E-state index contributed by atoms with van der Waals surface area (Å²) in [5.74, 6) is 0.0597. The molecule has 0 aliphatic carbocycles. The molecule has 0 aromatic carbocycles. The van der Waals surface area contributed by atoms with Crippen LogP contribution in [-0.4, -0.2) is 38.6 Å². The Bertz CT molecular complexity index is 534. The van der Waals surface area contributed by atoms with Crippen molar-refractivity contribution < 1.29 is 14.3 Å². The van der Waals surface area contributed by atoms with Gasteiger partial charge in [0.1, 0.15) is 11.3 Å². The second-order valence-corrected chi connectivity index (χ2v) is 6.19. The molecular weight excluding hydrogens is 274 g/mol. The van der Waals surface area contributed by atoms with Crippen molar-refractivity contribution in [3.8, 4) is 0 Å². The molecule has 116 valence electrons. The highest BCUT2D eigenvalue weighted by molar-refractivity contribution is 5.85. The number of rotatable bonds is 4. The maximum absolute atomic E-state index is 11.5. The van der Waals surface area contributed by atoms with Crippen molar-refractivity contribution in [3.05, 3.63) is 11.9 Å². The molecule has 8 heteroatoms. The van der Waals surface area contributed by atoms with Gasteiger partial charge in [0, 0.05) is 0 Å².